The van der Waals surface area contributed by atoms with Gasteiger partial charge in [-0.05, 0) is 62.2 Å². The lowest BCUT2D eigenvalue weighted by molar-refractivity contribution is -0.138. The lowest BCUT2D eigenvalue weighted by Gasteiger charge is -2.26. The van der Waals surface area contributed by atoms with Gasteiger partial charge < -0.3 is 20.0 Å². The van der Waals surface area contributed by atoms with E-state index in [1.54, 1.807) is 24.3 Å². The molecule has 43 heavy (non-hydrogen) atoms. The molecular formula is C32H51N5O5S. The Hall–Kier alpha value is -2.63. The average Bonchev–Trinajstić information content (AvgIpc) is 3.64. The molecule has 2 saturated heterocycles. The topological polar surface area (TPSA) is 134 Å². The number of carbonyl (C=O) groups is 3. The molecule has 0 radical (unpaired) electrons. The number of oxazole rings is 1. The monoisotopic (exact) mass is 617 g/mol. The summed E-state index contributed by atoms with van der Waals surface area (Å²) in [4.78, 5) is 42.8. The lowest BCUT2D eigenvalue weighted by Crippen LogP contribution is -2.51. The van der Waals surface area contributed by atoms with Crippen molar-refractivity contribution in [3.05, 3.63) is 30.2 Å². The predicted octanol–water partition coefficient (Wildman–Crippen LogP) is 4.23. The number of amides is 2. The number of rotatable bonds is 8. The number of hydrogen-bond donors (Lipinski definition) is 3. The maximum absolute atomic E-state index is 12.6. The summed E-state index contributed by atoms with van der Waals surface area (Å²) in [5.74, 6) is 0.797. The molecule has 3 atom stereocenters. The fourth-order valence-electron chi connectivity index (χ4n) is 5.83. The number of likely N-dealkylation sites (tertiary alicyclic amines) is 1. The molecule has 1 saturated carbocycles. The first kappa shape index (κ1) is 34.9. The number of fused-ring (bicyclic) bond motifs is 1. The van der Waals surface area contributed by atoms with Crippen LogP contribution in [0.25, 0.3) is 11.1 Å². The largest absolute Gasteiger partial charge is 0.434 e. The Balaban J connectivity index is 0.000000273. The van der Waals surface area contributed by atoms with Crippen LogP contribution in [-0.4, -0.2) is 76.7 Å². The van der Waals surface area contributed by atoms with Crippen LogP contribution in [0.3, 0.4) is 0 Å². The molecule has 0 spiro atoms. The summed E-state index contributed by atoms with van der Waals surface area (Å²) in [6.45, 7) is 9.09. The number of carbonyl (C=O) groups excluding carboxylic acids is 3. The molecule has 2 amide bonds. The van der Waals surface area contributed by atoms with E-state index in [0.717, 1.165) is 11.8 Å². The van der Waals surface area contributed by atoms with Crippen LogP contribution in [0.2, 0.25) is 0 Å². The van der Waals surface area contributed by atoms with E-state index in [9.17, 15) is 18.6 Å². The van der Waals surface area contributed by atoms with Crippen LogP contribution in [0.5, 0.6) is 0 Å². The van der Waals surface area contributed by atoms with E-state index in [-0.39, 0.29) is 30.8 Å². The molecule has 11 heteroatoms. The molecule has 3 heterocycles. The second-order valence-corrected chi connectivity index (χ2v) is 13.2. The van der Waals surface area contributed by atoms with Crippen molar-refractivity contribution < 1.29 is 23.0 Å². The Kier molecular flexibility index (Phi) is 14.8. The number of para-hydroxylation sites is 2. The molecule has 5 rings (SSSR count). The van der Waals surface area contributed by atoms with Gasteiger partial charge in [0, 0.05) is 12.8 Å². The molecule has 2 aromatic rings. The van der Waals surface area contributed by atoms with Crippen LogP contribution in [0.4, 0.5) is 0 Å². The lowest BCUT2D eigenvalue weighted by atomic mass is 9.91. The number of ketones is 1. The summed E-state index contributed by atoms with van der Waals surface area (Å²) in [6.07, 6.45) is 13.7. The smallest absolute Gasteiger partial charge is 0.266 e. The van der Waals surface area contributed by atoms with Gasteiger partial charge in [0.05, 0.1) is 24.1 Å². The third kappa shape index (κ3) is 11.4. The molecule has 3 fully saturated rings. The van der Waals surface area contributed by atoms with E-state index in [0.29, 0.717) is 24.1 Å². The van der Waals surface area contributed by atoms with Crippen LogP contribution < -0.4 is 15.4 Å². The summed E-state index contributed by atoms with van der Waals surface area (Å²) in [7, 11) is -1.31. The molecule has 10 nitrogen and oxygen atoms in total. The van der Waals surface area contributed by atoms with E-state index < -0.39 is 28.7 Å². The molecule has 2 aliphatic heterocycles. The maximum Gasteiger partial charge on any atom is 0.266 e. The van der Waals surface area contributed by atoms with Gasteiger partial charge in [0.15, 0.2) is 5.58 Å². The average molecular weight is 618 g/mol. The van der Waals surface area contributed by atoms with Crippen LogP contribution in [0.15, 0.2) is 28.7 Å². The number of aromatic nitrogens is 1. The van der Waals surface area contributed by atoms with Crippen molar-refractivity contribution in [2.24, 2.45) is 17.8 Å². The van der Waals surface area contributed by atoms with Crippen LogP contribution in [0, 0.1) is 17.8 Å². The normalized spacial score (nSPS) is 21.7. The van der Waals surface area contributed by atoms with Crippen molar-refractivity contribution in [3.63, 3.8) is 0 Å². The Labute approximate surface area is 259 Å². The molecule has 1 aromatic heterocycles. The minimum absolute atomic E-state index is 0.0458. The number of hydrogen-bond acceptors (Lipinski definition) is 7. The van der Waals surface area contributed by atoms with Gasteiger partial charge in [0.1, 0.15) is 11.6 Å². The Morgan fingerprint density at radius 3 is 2.30 bits per heavy atom. The van der Waals surface area contributed by atoms with Crippen molar-refractivity contribution in [1.29, 1.82) is 0 Å². The fourth-order valence-corrected chi connectivity index (χ4v) is 6.15. The van der Waals surface area contributed by atoms with Crippen LogP contribution >= 0.6 is 0 Å². The third-order valence-electron chi connectivity index (χ3n) is 8.60. The minimum atomic E-state index is -1.31. The van der Waals surface area contributed by atoms with Gasteiger partial charge in [-0.15, -0.1) is 0 Å². The van der Waals surface area contributed by atoms with Gasteiger partial charge in [-0.25, -0.2) is 13.9 Å². The minimum Gasteiger partial charge on any atom is -0.434 e. The molecule has 1 aromatic carbocycles. The summed E-state index contributed by atoms with van der Waals surface area (Å²) in [6, 6.07) is 6.33. The first-order chi connectivity index (χ1) is 20.7. The molecule has 3 aliphatic rings. The number of Topliss-reactive ketones (excluding diaryl/α,β-unsaturated/α-hetero) is 1. The molecule has 240 valence electrons. The Bertz CT molecular complexity index is 1160. The summed E-state index contributed by atoms with van der Waals surface area (Å²) < 4.78 is 19.1. The van der Waals surface area contributed by atoms with Gasteiger partial charge in [-0.3, -0.25) is 14.4 Å². The van der Waals surface area contributed by atoms with Gasteiger partial charge >= 0.3 is 0 Å². The standard InChI is InChI=1S/C18H22N4O5S.C7H15N.C7H14/c1-11-7-8-22(15(24)10-20-28(2)26)16(11)17(25)19-9-13(23)18-21-12-5-3-4-6-14(12)27-18;1-2-7-3-5-8-6-4-7;1-7-5-3-2-4-6-7/h3-6,11,16,20H,7-10H2,1-2H3,(H,19,25);7-8H,2-6H2,1H3;7H,2-6H2,1H3/t11-,16?,28?;;/m0../s1. The quantitative estimate of drug-likeness (QED) is 0.378. The Morgan fingerprint density at radius 1 is 1.02 bits per heavy atom. The zero-order valence-electron chi connectivity index (χ0n) is 26.4. The molecule has 0 bridgehead atoms. The van der Waals surface area contributed by atoms with E-state index in [2.05, 4.69) is 34.2 Å². The Morgan fingerprint density at radius 2 is 1.72 bits per heavy atom. The van der Waals surface area contributed by atoms with Gasteiger partial charge in [-0.2, -0.15) is 0 Å². The summed E-state index contributed by atoms with van der Waals surface area (Å²) in [5.41, 5.74) is 1.07. The zero-order chi connectivity index (χ0) is 31.2. The highest BCUT2D eigenvalue weighted by molar-refractivity contribution is 7.82. The van der Waals surface area contributed by atoms with Crippen molar-refractivity contribution in [3.8, 4) is 0 Å². The molecule has 3 N–H and O–H groups in total. The maximum atomic E-state index is 12.6. The summed E-state index contributed by atoms with van der Waals surface area (Å²) >= 11 is 0. The second kappa shape index (κ2) is 18.2. The first-order valence-corrected chi connectivity index (χ1v) is 17.5. The van der Waals surface area contributed by atoms with E-state index in [1.165, 1.54) is 75.6 Å². The van der Waals surface area contributed by atoms with Crippen molar-refractivity contribution in [2.45, 2.75) is 84.6 Å². The first-order valence-electron chi connectivity index (χ1n) is 15.9. The van der Waals surface area contributed by atoms with Gasteiger partial charge in [0.25, 0.3) is 5.89 Å². The number of nitrogens with zero attached hydrogens (tertiary/aromatic N) is 2. The fraction of sp³-hybridized carbons (Fsp3) is 0.688. The van der Waals surface area contributed by atoms with Crippen molar-refractivity contribution >= 4 is 39.7 Å². The highest BCUT2D eigenvalue weighted by atomic mass is 32.2. The SMILES string of the molecule is CC1CCCCC1.CCC1CCNCC1.C[C@H]1CCN(C(=O)CNS(C)=O)C1C(=O)NCC(=O)c1nc2ccccc2o1. The van der Waals surface area contributed by atoms with Crippen molar-refractivity contribution in [2.75, 3.05) is 39.0 Å². The highest BCUT2D eigenvalue weighted by Gasteiger charge is 2.39. The van der Waals surface area contributed by atoms with E-state index in [4.69, 9.17) is 4.42 Å². The van der Waals surface area contributed by atoms with E-state index >= 15 is 0 Å². The predicted molar refractivity (Wildman–Crippen MR) is 171 cm³/mol. The number of piperidine rings is 1. The van der Waals surface area contributed by atoms with Crippen LogP contribution in [-0.2, 0) is 20.6 Å². The molecular weight excluding hydrogens is 566 g/mol. The van der Waals surface area contributed by atoms with E-state index in [1.807, 2.05) is 6.92 Å². The van der Waals surface area contributed by atoms with Crippen molar-refractivity contribution in [1.82, 2.24) is 25.2 Å². The van der Waals surface area contributed by atoms with Crippen LogP contribution in [0.1, 0.15) is 89.2 Å². The second-order valence-electron chi connectivity index (χ2n) is 12.0. The zero-order valence-corrected chi connectivity index (χ0v) is 27.2. The molecule has 1 aliphatic carbocycles. The number of benzene rings is 1. The third-order valence-corrected chi connectivity index (χ3v) is 9.15. The van der Waals surface area contributed by atoms with Gasteiger partial charge in [-0.1, -0.05) is 71.4 Å². The summed E-state index contributed by atoms with van der Waals surface area (Å²) in [5, 5.41) is 5.93. The van der Waals surface area contributed by atoms with Gasteiger partial charge in [0.2, 0.25) is 17.6 Å². The highest BCUT2D eigenvalue weighted by Crippen LogP contribution is 2.24. The number of nitrogens with one attached hydrogen (secondary N) is 3. The molecule has 2 unspecified atom stereocenters.